The number of hydrogen-bond donors (Lipinski definition) is 0. The van der Waals surface area contributed by atoms with Crippen molar-refractivity contribution in [2.24, 2.45) is 0 Å². The van der Waals surface area contributed by atoms with Crippen molar-refractivity contribution in [1.29, 1.82) is 0 Å². The van der Waals surface area contributed by atoms with Gasteiger partial charge in [-0.25, -0.2) is 12.8 Å². The number of halogens is 1. The smallest absolute Gasteiger partial charge is 0.312 e. The first-order chi connectivity index (χ1) is 16.2. The number of benzene rings is 2. The van der Waals surface area contributed by atoms with Crippen LogP contribution in [0.2, 0.25) is 0 Å². The van der Waals surface area contributed by atoms with E-state index in [4.69, 9.17) is 9.15 Å². The molecule has 1 saturated heterocycles. The first-order valence-electron chi connectivity index (χ1n) is 10.2. The molecule has 4 rings (SSSR count). The van der Waals surface area contributed by atoms with Crippen LogP contribution in [0, 0.1) is 15.9 Å². The second kappa shape index (κ2) is 9.23. The van der Waals surface area contributed by atoms with Crippen LogP contribution in [0.15, 0.2) is 63.9 Å². The van der Waals surface area contributed by atoms with Crippen molar-refractivity contribution in [2.75, 3.05) is 33.3 Å². The second-order valence-electron chi connectivity index (χ2n) is 7.43. The van der Waals surface area contributed by atoms with Crippen molar-refractivity contribution in [2.45, 2.75) is 4.90 Å². The molecule has 2 heterocycles. The summed E-state index contributed by atoms with van der Waals surface area (Å²) in [6.45, 7) is 0.168. The molecule has 1 aliphatic heterocycles. The molecule has 3 aromatic rings. The molecule has 1 aromatic heterocycles. The Morgan fingerprint density at radius 2 is 1.79 bits per heavy atom. The third kappa shape index (κ3) is 4.37. The summed E-state index contributed by atoms with van der Waals surface area (Å²) < 4.78 is 51.6. The molecule has 0 atom stereocenters. The minimum atomic E-state index is -4.02. The number of nitro groups is 1. The van der Waals surface area contributed by atoms with Crippen LogP contribution >= 0.6 is 0 Å². The monoisotopic (exact) mass is 489 g/mol. The summed E-state index contributed by atoms with van der Waals surface area (Å²) in [7, 11) is -2.77. The molecule has 0 unspecified atom stereocenters. The first-order valence-corrected chi connectivity index (χ1v) is 11.6. The van der Waals surface area contributed by atoms with Crippen LogP contribution in [-0.4, -0.2) is 61.7 Å². The molecule has 0 spiro atoms. The van der Waals surface area contributed by atoms with E-state index in [1.165, 1.54) is 48.4 Å². The van der Waals surface area contributed by atoms with Gasteiger partial charge in [0.05, 0.1) is 22.5 Å². The number of carbonyl (C=O) groups is 1. The minimum absolute atomic E-state index is 0.00518. The predicted octanol–water partition coefficient (Wildman–Crippen LogP) is 3.15. The molecule has 2 aromatic carbocycles. The number of ether oxygens (including phenoxy) is 1. The Kier molecular flexibility index (Phi) is 6.35. The van der Waals surface area contributed by atoms with Crippen LogP contribution < -0.4 is 4.74 Å². The van der Waals surface area contributed by atoms with Gasteiger partial charge in [0.25, 0.3) is 5.91 Å². The number of nitro benzene ring substituents is 1. The Balaban J connectivity index is 1.46. The molecule has 178 valence electrons. The molecular weight excluding hydrogens is 469 g/mol. The van der Waals surface area contributed by atoms with Crippen molar-refractivity contribution in [3.63, 3.8) is 0 Å². The number of carbonyl (C=O) groups excluding carboxylic acids is 1. The molecule has 0 radical (unpaired) electrons. The van der Waals surface area contributed by atoms with Gasteiger partial charge in [0, 0.05) is 32.2 Å². The average Bonchev–Trinajstić information content (AvgIpc) is 3.33. The highest BCUT2D eigenvalue weighted by molar-refractivity contribution is 7.89. The van der Waals surface area contributed by atoms with E-state index in [0.29, 0.717) is 0 Å². The van der Waals surface area contributed by atoms with Crippen molar-refractivity contribution in [3.05, 3.63) is 76.3 Å². The summed E-state index contributed by atoms with van der Waals surface area (Å²) in [6.07, 6.45) is 0. The number of furan rings is 1. The van der Waals surface area contributed by atoms with Crippen molar-refractivity contribution >= 4 is 21.6 Å². The summed E-state index contributed by atoms with van der Waals surface area (Å²) in [5.41, 5.74) is -0.230. The maximum atomic E-state index is 14.0. The lowest BCUT2D eigenvalue weighted by Gasteiger charge is -2.33. The molecule has 0 N–H and O–H groups in total. The maximum absolute atomic E-state index is 14.0. The Hall–Kier alpha value is -3.77. The zero-order chi connectivity index (χ0) is 24.5. The predicted molar refractivity (Wildman–Crippen MR) is 118 cm³/mol. The maximum Gasteiger partial charge on any atom is 0.312 e. The number of hydrogen-bond acceptors (Lipinski definition) is 7. The van der Waals surface area contributed by atoms with E-state index >= 15 is 0 Å². The van der Waals surface area contributed by atoms with E-state index in [1.807, 2.05) is 0 Å². The van der Waals surface area contributed by atoms with Gasteiger partial charge in [-0.05, 0) is 36.4 Å². The number of methoxy groups -OCH3 is 1. The molecular formula is C22H20FN3O7S. The molecule has 0 aliphatic carbocycles. The van der Waals surface area contributed by atoms with Gasteiger partial charge in [-0.3, -0.25) is 14.9 Å². The lowest BCUT2D eigenvalue weighted by Crippen LogP contribution is -2.50. The molecule has 1 fully saturated rings. The number of piperazine rings is 1. The summed E-state index contributed by atoms with van der Waals surface area (Å²) >= 11 is 0. The van der Waals surface area contributed by atoms with Crippen LogP contribution in [0.25, 0.3) is 11.3 Å². The zero-order valence-corrected chi connectivity index (χ0v) is 18.8. The zero-order valence-electron chi connectivity index (χ0n) is 18.0. The third-order valence-electron chi connectivity index (χ3n) is 5.47. The second-order valence-corrected chi connectivity index (χ2v) is 9.37. The lowest BCUT2D eigenvalue weighted by atomic mass is 10.1. The van der Waals surface area contributed by atoms with Crippen LogP contribution in [0.5, 0.6) is 5.75 Å². The number of amides is 1. The molecule has 10 nitrogen and oxygen atoms in total. The summed E-state index contributed by atoms with van der Waals surface area (Å²) in [5.74, 6) is -0.746. The Labute approximate surface area is 194 Å². The van der Waals surface area contributed by atoms with E-state index in [9.17, 15) is 27.7 Å². The quantitative estimate of drug-likeness (QED) is 0.385. The van der Waals surface area contributed by atoms with Crippen LogP contribution in [0.3, 0.4) is 0 Å². The average molecular weight is 489 g/mol. The van der Waals surface area contributed by atoms with Gasteiger partial charge in [-0.15, -0.1) is 0 Å². The molecule has 0 saturated carbocycles. The van der Waals surface area contributed by atoms with Crippen LogP contribution in [0.1, 0.15) is 10.6 Å². The van der Waals surface area contributed by atoms with Crippen LogP contribution in [-0.2, 0) is 10.0 Å². The van der Waals surface area contributed by atoms with Crippen molar-refractivity contribution in [3.8, 4) is 17.1 Å². The van der Waals surface area contributed by atoms with E-state index in [1.54, 1.807) is 12.1 Å². The highest BCUT2D eigenvalue weighted by Gasteiger charge is 2.33. The summed E-state index contributed by atoms with van der Waals surface area (Å²) in [6, 6.07) is 12.4. The van der Waals surface area contributed by atoms with Gasteiger partial charge in [0.15, 0.2) is 11.5 Å². The van der Waals surface area contributed by atoms with Crippen molar-refractivity contribution in [1.82, 2.24) is 9.21 Å². The van der Waals surface area contributed by atoms with Gasteiger partial charge >= 0.3 is 5.69 Å². The van der Waals surface area contributed by atoms with Gasteiger partial charge in [0.2, 0.25) is 10.0 Å². The van der Waals surface area contributed by atoms with E-state index in [0.717, 1.165) is 10.4 Å². The highest BCUT2D eigenvalue weighted by atomic mass is 32.2. The topological polar surface area (TPSA) is 123 Å². The minimum Gasteiger partial charge on any atom is -0.490 e. The Morgan fingerprint density at radius 1 is 1.09 bits per heavy atom. The Bertz CT molecular complexity index is 1350. The van der Waals surface area contributed by atoms with Gasteiger partial charge in [-0.1, -0.05) is 12.1 Å². The number of rotatable bonds is 6. The largest absolute Gasteiger partial charge is 0.490 e. The Morgan fingerprint density at radius 3 is 2.44 bits per heavy atom. The molecule has 34 heavy (non-hydrogen) atoms. The number of nitrogens with zero attached hydrogens (tertiary/aromatic N) is 3. The SMILES string of the molecule is COc1ccc(S(=O)(=O)N2CCN(C(=O)c3ccc(-c4ccccc4F)o3)CC2)cc1[N+](=O)[O-]. The van der Waals surface area contributed by atoms with Gasteiger partial charge in [-0.2, -0.15) is 4.31 Å². The first kappa shape index (κ1) is 23.4. The molecule has 0 bridgehead atoms. The third-order valence-corrected chi connectivity index (χ3v) is 7.36. The fourth-order valence-corrected chi connectivity index (χ4v) is 5.11. The molecule has 1 aliphatic rings. The van der Waals surface area contributed by atoms with Crippen molar-refractivity contribution < 1.29 is 31.7 Å². The fraction of sp³-hybridized carbons (Fsp3) is 0.227. The van der Waals surface area contributed by atoms with E-state index in [-0.39, 0.29) is 53.9 Å². The highest BCUT2D eigenvalue weighted by Crippen LogP contribution is 2.31. The summed E-state index contributed by atoms with van der Waals surface area (Å²) in [4.78, 5) is 24.6. The van der Waals surface area contributed by atoms with Crippen LogP contribution in [0.4, 0.5) is 10.1 Å². The van der Waals surface area contributed by atoms with E-state index < -0.39 is 32.4 Å². The standard InChI is InChI=1S/C22H20FN3O7S/c1-32-20-7-6-15(14-18(20)26(28)29)34(30,31)25-12-10-24(11-13-25)22(27)21-9-8-19(33-21)16-4-2-3-5-17(16)23/h2-9,14H,10-13H2,1H3. The van der Waals surface area contributed by atoms with Gasteiger partial charge < -0.3 is 14.1 Å². The lowest BCUT2D eigenvalue weighted by molar-refractivity contribution is -0.386. The number of sulfonamides is 1. The summed E-state index contributed by atoms with van der Waals surface area (Å²) in [5, 5.41) is 11.2. The van der Waals surface area contributed by atoms with E-state index in [2.05, 4.69) is 0 Å². The normalized spacial score (nSPS) is 14.7. The molecule has 12 heteroatoms. The van der Waals surface area contributed by atoms with Gasteiger partial charge in [0.1, 0.15) is 11.6 Å². The molecule has 1 amide bonds. The fourth-order valence-electron chi connectivity index (χ4n) is 3.67.